The molecule has 0 amide bonds. The maximum absolute atomic E-state index is 6.11. The van der Waals surface area contributed by atoms with Crippen LogP contribution in [0.15, 0.2) is 47.5 Å². The van der Waals surface area contributed by atoms with Gasteiger partial charge in [0, 0.05) is 26.2 Å². The number of imidazole rings is 1. The highest BCUT2D eigenvalue weighted by molar-refractivity contribution is 5.80. The number of rotatable bonds is 7. The molecule has 6 heteroatoms. The second-order valence-corrected chi connectivity index (χ2v) is 7.30. The van der Waals surface area contributed by atoms with Gasteiger partial charge in [0.15, 0.2) is 5.96 Å². The quantitative estimate of drug-likeness (QED) is 0.472. The van der Waals surface area contributed by atoms with E-state index in [2.05, 4.69) is 65.2 Å². The summed E-state index contributed by atoms with van der Waals surface area (Å²) in [4.78, 5) is 9.04. The van der Waals surface area contributed by atoms with Crippen LogP contribution in [0.5, 0.6) is 5.75 Å². The lowest BCUT2D eigenvalue weighted by atomic mass is 10.1. The molecule has 2 aromatic carbocycles. The van der Waals surface area contributed by atoms with Gasteiger partial charge in [-0.1, -0.05) is 31.2 Å². The molecule has 0 aliphatic rings. The average Bonchev–Trinajstić information content (AvgIpc) is 3.05. The van der Waals surface area contributed by atoms with Gasteiger partial charge in [0.1, 0.15) is 11.6 Å². The third kappa shape index (κ3) is 5.08. The van der Waals surface area contributed by atoms with Gasteiger partial charge in [-0.2, -0.15) is 0 Å². The Hall–Kier alpha value is -3.02. The van der Waals surface area contributed by atoms with Crippen molar-refractivity contribution in [2.24, 2.45) is 12.0 Å². The van der Waals surface area contributed by atoms with Crippen LogP contribution in [-0.4, -0.2) is 28.7 Å². The number of aryl methyl sites for hydroxylation is 2. The number of ether oxygens (including phenoxy) is 1. The van der Waals surface area contributed by atoms with Crippen LogP contribution >= 0.6 is 0 Å². The predicted octanol–water partition coefficient (Wildman–Crippen LogP) is 3.92. The minimum absolute atomic E-state index is 0.186. The lowest BCUT2D eigenvalue weighted by Gasteiger charge is -2.18. The van der Waals surface area contributed by atoms with Crippen LogP contribution in [0.4, 0.5) is 0 Å². The molecule has 154 valence electrons. The smallest absolute Gasteiger partial charge is 0.191 e. The highest BCUT2D eigenvalue weighted by Gasteiger charge is 2.10. The Morgan fingerprint density at radius 1 is 1.17 bits per heavy atom. The zero-order valence-electron chi connectivity index (χ0n) is 18.0. The summed E-state index contributed by atoms with van der Waals surface area (Å²) in [6.45, 7) is 7.53. The number of aliphatic imine (C=N–C) groups is 1. The first-order chi connectivity index (χ1) is 14.0. The number of nitrogens with zero attached hydrogens (tertiary/aromatic N) is 3. The summed E-state index contributed by atoms with van der Waals surface area (Å²) in [6, 6.07) is 14.5. The van der Waals surface area contributed by atoms with Crippen molar-refractivity contribution in [2.45, 2.75) is 46.4 Å². The topological polar surface area (TPSA) is 63.5 Å². The lowest BCUT2D eigenvalue weighted by Crippen LogP contribution is -2.37. The maximum atomic E-state index is 6.11. The van der Waals surface area contributed by atoms with E-state index in [1.54, 1.807) is 7.05 Å². The van der Waals surface area contributed by atoms with Crippen molar-refractivity contribution < 1.29 is 4.74 Å². The number of hydrogen-bond donors (Lipinski definition) is 2. The molecule has 0 spiro atoms. The molecule has 0 aliphatic heterocycles. The van der Waals surface area contributed by atoms with Crippen molar-refractivity contribution >= 4 is 17.0 Å². The minimum Gasteiger partial charge on any atom is -0.490 e. The Morgan fingerprint density at radius 3 is 2.66 bits per heavy atom. The van der Waals surface area contributed by atoms with Crippen LogP contribution in [0.25, 0.3) is 11.0 Å². The van der Waals surface area contributed by atoms with Crippen molar-refractivity contribution in [3.8, 4) is 5.75 Å². The molecule has 0 bridgehead atoms. The number of fused-ring (bicyclic) bond motifs is 1. The zero-order valence-corrected chi connectivity index (χ0v) is 18.0. The first-order valence-electron chi connectivity index (χ1n) is 10.1. The van der Waals surface area contributed by atoms with Crippen molar-refractivity contribution in [1.29, 1.82) is 0 Å². The zero-order chi connectivity index (χ0) is 20.8. The van der Waals surface area contributed by atoms with E-state index in [0.29, 0.717) is 13.1 Å². The van der Waals surface area contributed by atoms with Crippen LogP contribution in [0.1, 0.15) is 37.2 Å². The summed E-state index contributed by atoms with van der Waals surface area (Å²) in [7, 11) is 3.81. The van der Waals surface area contributed by atoms with E-state index in [1.807, 2.05) is 25.2 Å². The maximum Gasteiger partial charge on any atom is 0.191 e. The predicted molar refractivity (Wildman–Crippen MR) is 119 cm³/mol. The molecule has 6 nitrogen and oxygen atoms in total. The molecule has 0 saturated heterocycles. The Balaban J connectivity index is 1.64. The Labute approximate surface area is 173 Å². The summed E-state index contributed by atoms with van der Waals surface area (Å²) in [6.07, 6.45) is 1.16. The van der Waals surface area contributed by atoms with Crippen LogP contribution in [0, 0.1) is 6.92 Å². The van der Waals surface area contributed by atoms with Crippen LogP contribution in [-0.2, 0) is 20.1 Å². The molecule has 1 atom stereocenters. The normalized spacial score (nSPS) is 12.8. The van der Waals surface area contributed by atoms with E-state index in [-0.39, 0.29) is 6.10 Å². The fourth-order valence-electron chi connectivity index (χ4n) is 3.13. The Morgan fingerprint density at radius 2 is 1.93 bits per heavy atom. The second-order valence-electron chi connectivity index (χ2n) is 7.30. The number of para-hydroxylation sites is 2. The lowest BCUT2D eigenvalue weighted by molar-refractivity contribution is 0.215. The number of nitrogens with one attached hydrogen (secondary N) is 2. The van der Waals surface area contributed by atoms with Gasteiger partial charge in [-0.05, 0) is 44.0 Å². The van der Waals surface area contributed by atoms with Crippen molar-refractivity contribution in [3.05, 3.63) is 59.4 Å². The van der Waals surface area contributed by atoms with Gasteiger partial charge >= 0.3 is 0 Å². The molecule has 1 aromatic heterocycles. The van der Waals surface area contributed by atoms with Gasteiger partial charge in [0.05, 0.1) is 23.7 Å². The minimum atomic E-state index is 0.186. The number of aromatic nitrogens is 2. The first-order valence-corrected chi connectivity index (χ1v) is 10.1. The molecular formula is C23H31N5O. The average molecular weight is 394 g/mol. The largest absolute Gasteiger partial charge is 0.490 e. The highest BCUT2D eigenvalue weighted by atomic mass is 16.5. The molecule has 0 aliphatic carbocycles. The first kappa shape index (κ1) is 20.7. The van der Waals surface area contributed by atoms with Gasteiger partial charge in [0.25, 0.3) is 0 Å². The van der Waals surface area contributed by atoms with E-state index in [9.17, 15) is 0 Å². The molecule has 1 heterocycles. The third-order valence-electron chi connectivity index (χ3n) is 5.09. The van der Waals surface area contributed by atoms with Crippen molar-refractivity contribution in [3.63, 3.8) is 0 Å². The molecule has 2 N–H and O–H groups in total. The van der Waals surface area contributed by atoms with Crippen LogP contribution in [0.2, 0.25) is 0 Å². The molecular weight excluding hydrogens is 362 g/mol. The summed E-state index contributed by atoms with van der Waals surface area (Å²) >= 11 is 0. The Bertz CT molecular complexity index is 992. The Kier molecular flexibility index (Phi) is 6.75. The summed E-state index contributed by atoms with van der Waals surface area (Å²) in [5.41, 5.74) is 4.43. The fraction of sp³-hybridized carbons (Fsp3) is 0.391. The molecule has 3 aromatic rings. The van der Waals surface area contributed by atoms with Crippen molar-refractivity contribution in [2.75, 3.05) is 7.05 Å². The van der Waals surface area contributed by atoms with Crippen LogP contribution in [0.3, 0.4) is 0 Å². The standard InChI is InChI=1S/C23H31N5O/c1-6-17(3)29-21-13-16(2)11-12-18(21)14-25-23(24-4)26-15-22-27-19-9-7-8-10-20(19)28(22)5/h7-13,17H,6,14-15H2,1-5H3,(H2,24,25,26). The second kappa shape index (κ2) is 9.45. The molecule has 0 radical (unpaired) electrons. The van der Waals surface area contributed by atoms with Gasteiger partial charge in [0.2, 0.25) is 0 Å². The SMILES string of the molecule is CCC(C)Oc1cc(C)ccc1CNC(=NC)NCc1nc2ccccc2n1C. The van der Waals surface area contributed by atoms with Gasteiger partial charge in [-0.3, -0.25) is 4.99 Å². The van der Waals surface area contributed by atoms with Crippen molar-refractivity contribution in [1.82, 2.24) is 20.2 Å². The molecule has 0 saturated carbocycles. The van der Waals surface area contributed by atoms with Gasteiger partial charge in [-0.15, -0.1) is 0 Å². The highest BCUT2D eigenvalue weighted by Crippen LogP contribution is 2.22. The van der Waals surface area contributed by atoms with E-state index >= 15 is 0 Å². The summed E-state index contributed by atoms with van der Waals surface area (Å²) in [5, 5.41) is 6.74. The molecule has 29 heavy (non-hydrogen) atoms. The monoisotopic (exact) mass is 393 g/mol. The molecule has 3 rings (SSSR count). The summed E-state index contributed by atoms with van der Waals surface area (Å²) < 4.78 is 8.21. The number of hydrogen-bond acceptors (Lipinski definition) is 3. The van der Waals surface area contributed by atoms with E-state index < -0.39 is 0 Å². The third-order valence-corrected chi connectivity index (χ3v) is 5.09. The van der Waals surface area contributed by atoms with Gasteiger partial charge < -0.3 is 19.9 Å². The summed E-state index contributed by atoms with van der Waals surface area (Å²) in [5.74, 6) is 2.62. The molecule has 0 fully saturated rings. The van der Waals surface area contributed by atoms with E-state index in [0.717, 1.165) is 40.6 Å². The number of benzene rings is 2. The van der Waals surface area contributed by atoms with E-state index in [1.165, 1.54) is 5.56 Å². The fourth-order valence-corrected chi connectivity index (χ4v) is 3.13. The van der Waals surface area contributed by atoms with Gasteiger partial charge in [-0.25, -0.2) is 4.98 Å². The number of guanidine groups is 1. The molecule has 1 unspecified atom stereocenters. The van der Waals surface area contributed by atoms with Crippen LogP contribution < -0.4 is 15.4 Å². The van der Waals surface area contributed by atoms with E-state index in [4.69, 9.17) is 9.72 Å².